The van der Waals surface area contributed by atoms with Crippen LogP contribution in [0.1, 0.15) is 12.0 Å². The minimum absolute atomic E-state index is 0. The summed E-state index contributed by atoms with van der Waals surface area (Å²) in [6, 6.07) is 15.3. The summed E-state index contributed by atoms with van der Waals surface area (Å²) in [5, 5.41) is 9.21. The summed E-state index contributed by atoms with van der Waals surface area (Å²) in [7, 11) is 3.34. The van der Waals surface area contributed by atoms with E-state index in [1.165, 1.54) is 0 Å². The molecule has 0 aliphatic carbocycles. The van der Waals surface area contributed by atoms with Gasteiger partial charge >= 0.3 is 0 Å². The minimum atomic E-state index is -0.0505. The number of methoxy groups -OCH3 is 1. The van der Waals surface area contributed by atoms with Gasteiger partial charge in [-0.25, -0.2) is 0 Å². The van der Waals surface area contributed by atoms with Crippen LogP contribution in [-0.2, 0) is 11.3 Å². The molecule has 0 fully saturated rings. The number of aliphatic imine (C=N–C) groups is 1. The van der Waals surface area contributed by atoms with Gasteiger partial charge < -0.3 is 20.7 Å². The minimum Gasteiger partial charge on any atom is -0.497 e. The predicted octanol–water partition coefficient (Wildman–Crippen LogP) is 3.77. The van der Waals surface area contributed by atoms with Crippen LogP contribution < -0.4 is 20.7 Å². The van der Waals surface area contributed by atoms with Crippen molar-refractivity contribution in [2.75, 3.05) is 26.0 Å². The molecule has 2 aromatic rings. The van der Waals surface area contributed by atoms with E-state index < -0.39 is 0 Å². The van der Waals surface area contributed by atoms with Crippen LogP contribution in [0.15, 0.2) is 58.0 Å². The molecule has 0 spiro atoms. The fraction of sp³-hybridized carbons (Fsp3) is 0.263. The molecule has 0 bridgehead atoms. The van der Waals surface area contributed by atoms with Gasteiger partial charge in [0.05, 0.1) is 7.11 Å². The van der Waals surface area contributed by atoms with Gasteiger partial charge in [0.1, 0.15) is 5.75 Å². The Balaban J connectivity index is 0.00000364. The van der Waals surface area contributed by atoms with Crippen molar-refractivity contribution in [3.63, 3.8) is 0 Å². The number of amides is 1. The molecule has 0 unspecified atom stereocenters. The van der Waals surface area contributed by atoms with Crippen LogP contribution >= 0.6 is 39.9 Å². The maximum atomic E-state index is 12.0. The molecule has 1 amide bonds. The highest BCUT2D eigenvalue weighted by atomic mass is 127. The highest BCUT2D eigenvalue weighted by Crippen LogP contribution is 2.14. The van der Waals surface area contributed by atoms with Crippen molar-refractivity contribution in [2.24, 2.45) is 4.99 Å². The number of halogens is 2. The zero-order valence-electron chi connectivity index (χ0n) is 15.3. The first-order valence-corrected chi connectivity index (χ1v) is 9.03. The number of guanidine groups is 1. The third-order valence-electron chi connectivity index (χ3n) is 3.62. The van der Waals surface area contributed by atoms with E-state index in [0.29, 0.717) is 25.5 Å². The molecule has 0 saturated heterocycles. The normalized spacial score (nSPS) is 10.6. The summed E-state index contributed by atoms with van der Waals surface area (Å²) in [6.45, 7) is 1.12. The monoisotopic (exact) mass is 546 g/mol. The average molecular weight is 547 g/mol. The molecule has 27 heavy (non-hydrogen) atoms. The molecule has 2 aromatic carbocycles. The van der Waals surface area contributed by atoms with Crippen molar-refractivity contribution < 1.29 is 9.53 Å². The average Bonchev–Trinajstić information content (AvgIpc) is 2.66. The van der Waals surface area contributed by atoms with Gasteiger partial charge in [0.15, 0.2) is 5.96 Å². The van der Waals surface area contributed by atoms with Gasteiger partial charge in [-0.2, -0.15) is 0 Å². The number of ether oxygens (including phenoxy) is 1. The Bertz CT molecular complexity index is 736. The fourth-order valence-corrected chi connectivity index (χ4v) is 2.47. The molecule has 146 valence electrons. The number of nitrogens with zero attached hydrogens (tertiary/aromatic N) is 1. The molecule has 6 nitrogen and oxygen atoms in total. The lowest BCUT2D eigenvalue weighted by Gasteiger charge is -2.12. The molecule has 0 atom stereocenters. The van der Waals surface area contributed by atoms with Crippen molar-refractivity contribution in [1.82, 2.24) is 10.6 Å². The lowest BCUT2D eigenvalue weighted by Crippen LogP contribution is -2.38. The van der Waals surface area contributed by atoms with Crippen molar-refractivity contribution in [1.29, 1.82) is 0 Å². The van der Waals surface area contributed by atoms with Gasteiger partial charge in [-0.1, -0.05) is 28.1 Å². The van der Waals surface area contributed by atoms with Crippen molar-refractivity contribution in [2.45, 2.75) is 13.0 Å². The second kappa shape index (κ2) is 12.6. The van der Waals surface area contributed by atoms with E-state index in [2.05, 4.69) is 36.9 Å². The number of hydrogen-bond donors (Lipinski definition) is 3. The van der Waals surface area contributed by atoms with Crippen LogP contribution in [0.5, 0.6) is 5.75 Å². The van der Waals surface area contributed by atoms with E-state index in [1.54, 1.807) is 14.2 Å². The molecule has 0 aromatic heterocycles. The summed E-state index contributed by atoms with van der Waals surface area (Å²) < 4.78 is 6.12. The molecular formula is C19H24BrIN4O2. The Morgan fingerprint density at radius 1 is 1.07 bits per heavy atom. The van der Waals surface area contributed by atoms with Crippen LogP contribution in [0.2, 0.25) is 0 Å². The Morgan fingerprint density at radius 3 is 2.33 bits per heavy atom. The lowest BCUT2D eigenvalue weighted by molar-refractivity contribution is -0.116. The molecule has 0 radical (unpaired) electrons. The number of benzene rings is 2. The predicted molar refractivity (Wildman–Crippen MR) is 124 cm³/mol. The molecular weight excluding hydrogens is 523 g/mol. The third-order valence-corrected chi connectivity index (χ3v) is 4.14. The van der Waals surface area contributed by atoms with Crippen LogP contribution in [0.3, 0.4) is 0 Å². The number of hydrogen-bond acceptors (Lipinski definition) is 3. The van der Waals surface area contributed by atoms with Crippen molar-refractivity contribution >= 4 is 57.5 Å². The van der Waals surface area contributed by atoms with E-state index in [9.17, 15) is 4.79 Å². The summed E-state index contributed by atoms with van der Waals surface area (Å²) >= 11 is 3.37. The SMILES string of the molecule is CN=C(NCCC(=O)Nc1ccc(Br)cc1)NCc1ccc(OC)cc1.I. The van der Waals surface area contributed by atoms with Crippen LogP contribution in [0.25, 0.3) is 0 Å². The molecule has 2 rings (SSSR count). The van der Waals surface area contributed by atoms with Crippen molar-refractivity contribution in [3.05, 3.63) is 58.6 Å². The second-order valence-corrected chi connectivity index (χ2v) is 6.42. The van der Waals surface area contributed by atoms with Gasteiger partial charge in [0, 0.05) is 36.7 Å². The Kier molecular flexibility index (Phi) is 10.8. The number of carbonyl (C=O) groups excluding carboxylic acids is 1. The Morgan fingerprint density at radius 2 is 1.74 bits per heavy atom. The van der Waals surface area contributed by atoms with Gasteiger partial charge in [-0.05, 0) is 42.0 Å². The summed E-state index contributed by atoms with van der Waals surface area (Å²) in [6.07, 6.45) is 0.347. The second-order valence-electron chi connectivity index (χ2n) is 5.51. The van der Waals surface area contributed by atoms with Crippen LogP contribution in [-0.4, -0.2) is 32.6 Å². The molecule has 8 heteroatoms. The number of nitrogens with one attached hydrogen (secondary N) is 3. The molecule has 0 aliphatic rings. The van der Waals surface area contributed by atoms with Gasteiger partial charge in [0.2, 0.25) is 5.91 Å². The summed E-state index contributed by atoms with van der Waals surface area (Å²) in [5.41, 5.74) is 1.89. The van der Waals surface area contributed by atoms with E-state index in [0.717, 1.165) is 21.5 Å². The number of carbonyl (C=O) groups is 1. The molecule has 0 aliphatic heterocycles. The van der Waals surface area contributed by atoms with Crippen molar-refractivity contribution in [3.8, 4) is 5.75 Å². The van der Waals surface area contributed by atoms with Gasteiger partial charge in [0.25, 0.3) is 0 Å². The first kappa shape index (κ1) is 23.2. The highest BCUT2D eigenvalue weighted by Gasteiger charge is 2.04. The first-order chi connectivity index (χ1) is 12.6. The summed E-state index contributed by atoms with van der Waals surface area (Å²) in [5.74, 6) is 1.43. The summed E-state index contributed by atoms with van der Waals surface area (Å²) in [4.78, 5) is 16.1. The molecule has 0 heterocycles. The Hall–Kier alpha value is -1.81. The van der Waals surface area contributed by atoms with Crippen LogP contribution in [0, 0.1) is 0 Å². The smallest absolute Gasteiger partial charge is 0.226 e. The maximum Gasteiger partial charge on any atom is 0.226 e. The maximum absolute atomic E-state index is 12.0. The fourth-order valence-electron chi connectivity index (χ4n) is 2.20. The van der Waals surface area contributed by atoms with E-state index >= 15 is 0 Å². The highest BCUT2D eigenvalue weighted by molar-refractivity contribution is 14.0. The molecule has 0 saturated carbocycles. The quantitative estimate of drug-likeness (QED) is 0.281. The first-order valence-electron chi connectivity index (χ1n) is 8.23. The standard InChI is InChI=1S/C19H23BrN4O2.HI/c1-21-19(23-13-14-3-9-17(26-2)10-4-14)22-12-11-18(25)24-16-7-5-15(20)6-8-16;/h3-10H,11-13H2,1-2H3,(H,24,25)(H2,21,22,23);1H. The van der Waals surface area contributed by atoms with Crippen LogP contribution in [0.4, 0.5) is 5.69 Å². The van der Waals surface area contributed by atoms with Gasteiger partial charge in [-0.3, -0.25) is 9.79 Å². The zero-order valence-corrected chi connectivity index (χ0v) is 19.2. The topological polar surface area (TPSA) is 74.8 Å². The van der Waals surface area contributed by atoms with E-state index in [-0.39, 0.29) is 29.9 Å². The van der Waals surface area contributed by atoms with E-state index in [1.807, 2.05) is 48.5 Å². The largest absolute Gasteiger partial charge is 0.497 e. The Labute approximate surface area is 185 Å². The number of anilines is 1. The zero-order chi connectivity index (χ0) is 18.8. The third kappa shape index (κ3) is 8.61. The van der Waals surface area contributed by atoms with E-state index in [4.69, 9.17) is 4.74 Å². The molecule has 3 N–H and O–H groups in total. The van der Waals surface area contributed by atoms with Gasteiger partial charge in [-0.15, -0.1) is 24.0 Å². The number of rotatable bonds is 7. The lowest BCUT2D eigenvalue weighted by atomic mass is 10.2.